The first-order chi connectivity index (χ1) is 12.1. The Kier molecular flexibility index (Phi) is 4.96. The molecule has 25 heavy (non-hydrogen) atoms. The summed E-state index contributed by atoms with van der Waals surface area (Å²) >= 11 is 1.75. The van der Waals surface area contributed by atoms with Crippen molar-refractivity contribution in [1.29, 1.82) is 0 Å². The molecule has 2 aliphatic rings. The van der Waals surface area contributed by atoms with Crippen molar-refractivity contribution in [2.75, 3.05) is 13.1 Å². The van der Waals surface area contributed by atoms with Gasteiger partial charge in [0.25, 0.3) is 5.56 Å². The average molecular weight is 360 g/mol. The van der Waals surface area contributed by atoms with Gasteiger partial charge in [-0.25, -0.2) is 4.98 Å². The molecular formula is C20H29N3OS. The van der Waals surface area contributed by atoms with Gasteiger partial charge in [-0.2, -0.15) is 0 Å². The third-order valence-corrected chi connectivity index (χ3v) is 7.17. The van der Waals surface area contributed by atoms with Gasteiger partial charge >= 0.3 is 0 Å². The third kappa shape index (κ3) is 3.41. The average Bonchev–Trinajstić information content (AvgIpc) is 2.91. The van der Waals surface area contributed by atoms with Gasteiger partial charge in [0.1, 0.15) is 10.7 Å². The molecular weight excluding hydrogens is 330 g/mol. The van der Waals surface area contributed by atoms with Crippen LogP contribution in [-0.4, -0.2) is 28.0 Å². The molecule has 1 aliphatic heterocycles. The molecule has 4 rings (SSSR count). The molecule has 0 saturated carbocycles. The number of aromatic amines is 1. The molecule has 0 amide bonds. The summed E-state index contributed by atoms with van der Waals surface area (Å²) in [5.41, 5.74) is 1.35. The summed E-state index contributed by atoms with van der Waals surface area (Å²) in [5, 5.41) is 0.871. The fourth-order valence-electron chi connectivity index (χ4n) is 4.40. The van der Waals surface area contributed by atoms with Gasteiger partial charge in [0.15, 0.2) is 0 Å². The number of hydrogen-bond donors (Lipinski definition) is 1. The maximum Gasteiger partial charge on any atom is 0.259 e. The van der Waals surface area contributed by atoms with E-state index in [0.717, 1.165) is 47.9 Å². The van der Waals surface area contributed by atoms with Crippen LogP contribution in [0.3, 0.4) is 0 Å². The highest BCUT2D eigenvalue weighted by Gasteiger charge is 2.25. The quantitative estimate of drug-likeness (QED) is 0.862. The second-order valence-electron chi connectivity index (χ2n) is 7.96. The molecule has 1 fully saturated rings. The van der Waals surface area contributed by atoms with Crippen molar-refractivity contribution < 1.29 is 0 Å². The highest BCUT2D eigenvalue weighted by atomic mass is 32.1. The van der Waals surface area contributed by atoms with Crippen molar-refractivity contribution >= 4 is 21.6 Å². The molecule has 4 nitrogen and oxygen atoms in total. The second kappa shape index (κ2) is 7.20. The smallest absolute Gasteiger partial charge is 0.259 e. The molecule has 2 atom stereocenters. The molecule has 3 heterocycles. The van der Waals surface area contributed by atoms with E-state index in [1.807, 2.05) is 0 Å². The van der Waals surface area contributed by atoms with Gasteiger partial charge in [-0.05, 0) is 63.6 Å². The van der Waals surface area contributed by atoms with Crippen molar-refractivity contribution in [2.45, 2.75) is 71.3 Å². The fourth-order valence-corrected chi connectivity index (χ4v) is 5.79. The normalized spacial score (nSPS) is 23.8. The van der Waals surface area contributed by atoms with Crippen LogP contribution in [0.5, 0.6) is 0 Å². The summed E-state index contributed by atoms with van der Waals surface area (Å²) < 4.78 is 0. The Balaban J connectivity index is 1.67. The van der Waals surface area contributed by atoms with Crippen molar-refractivity contribution in [3.05, 3.63) is 26.6 Å². The van der Waals surface area contributed by atoms with E-state index >= 15 is 0 Å². The predicted molar refractivity (Wildman–Crippen MR) is 105 cm³/mol. The van der Waals surface area contributed by atoms with Gasteiger partial charge in [-0.3, -0.25) is 9.69 Å². The van der Waals surface area contributed by atoms with Crippen molar-refractivity contribution in [3.63, 3.8) is 0 Å². The molecule has 0 bridgehead atoms. The van der Waals surface area contributed by atoms with Crippen LogP contribution in [0.15, 0.2) is 4.79 Å². The Bertz CT molecular complexity index is 801. The minimum absolute atomic E-state index is 0.0750. The lowest BCUT2D eigenvalue weighted by Gasteiger charge is -2.29. The number of H-pyrrole nitrogens is 1. The number of aromatic nitrogens is 2. The van der Waals surface area contributed by atoms with E-state index in [4.69, 9.17) is 4.98 Å². The Morgan fingerprint density at radius 1 is 1.20 bits per heavy atom. The molecule has 136 valence electrons. The Morgan fingerprint density at radius 2 is 1.92 bits per heavy atom. The van der Waals surface area contributed by atoms with Crippen LogP contribution in [0.4, 0.5) is 0 Å². The lowest BCUT2D eigenvalue weighted by Crippen LogP contribution is -2.32. The number of nitrogens with one attached hydrogen (secondary N) is 1. The number of likely N-dealkylation sites (tertiary alicyclic amines) is 1. The van der Waals surface area contributed by atoms with Gasteiger partial charge in [-0.15, -0.1) is 11.3 Å². The maximum atomic E-state index is 12.8. The third-order valence-electron chi connectivity index (χ3n) is 6.02. The minimum Gasteiger partial charge on any atom is -0.309 e. The molecule has 0 aromatic carbocycles. The Morgan fingerprint density at radius 3 is 2.68 bits per heavy atom. The van der Waals surface area contributed by atoms with Gasteiger partial charge in [-0.1, -0.05) is 26.2 Å². The van der Waals surface area contributed by atoms with Gasteiger partial charge in [0, 0.05) is 4.88 Å². The molecule has 0 unspecified atom stereocenters. The number of nitrogens with zero attached hydrogens (tertiary/aromatic N) is 2. The first-order valence-electron chi connectivity index (χ1n) is 9.92. The molecule has 2 aromatic heterocycles. The summed E-state index contributed by atoms with van der Waals surface area (Å²) in [6.07, 6.45) is 9.83. The molecule has 1 saturated heterocycles. The number of aryl methyl sites for hydroxylation is 1. The zero-order valence-corrected chi connectivity index (χ0v) is 16.3. The Labute approximate surface area is 153 Å². The van der Waals surface area contributed by atoms with E-state index in [2.05, 4.69) is 23.7 Å². The first-order valence-corrected chi connectivity index (χ1v) is 10.7. The van der Waals surface area contributed by atoms with Crippen molar-refractivity contribution in [2.24, 2.45) is 5.92 Å². The van der Waals surface area contributed by atoms with Crippen LogP contribution in [0, 0.1) is 5.92 Å². The van der Waals surface area contributed by atoms with E-state index in [9.17, 15) is 4.79 Å². The van der Waals surface area contributed by atoms with Crippen molar-refractivity contribution in [3.8, 4) is 0 Å². The lowest BCUT2D eigenvalue weighted by molar-refractivity contribution is 0.185. The lowest BCUT2D eigenvalue weighted by atomic mass is 9.89. The van der Waals surface area contributed by atoms with Gasteiger partial charge < -0.3 is 4.98 Å². The summed E-state index contributed by atoms with van der Waals surface area (Å²) in [6, 6.07) is 0.188. The molecule has 2 aromatic rings. The van der Waals surface area contributed by atoms with Crippen LogP contribution < -0.4 is 5.56 Å². The van der Waals surface area contributed by atoms with Crippen LogP contribution >= 0.6 is 11.3 Å². The molecule has 1 N–H and O–H groups in total. The van der Waals surface area contributed by atoms with Gasteiger partial charge in [0.05, 0.1) is 11.4 Å². The summed E-state index contributed by atoms with van der Waals surface area (Å²) in [7, 11) is 0. The van der Waals surface area contributed by atoms with Crippen LogP contribution in [-0.2, 0) is 12.8 Å². The highest BCUT2D eigenvalue weighted by molar-refractivity contribution is 7.18. The number of hydrogen-bond acceptors (Lipinski definition) is 4. The zero-order valence-electron chi connectivity index (χ0n) is 15.4. The topological polar surface area (TPSA) is 49.0 Å². The van der Waals surface area contributed by atoms with Gasteiger partial charge in [0.2, 0.25) is 0 Å². The summed E-state index contributed by atoms with van der Waals surface area (Å²) in [4.78, 5) is 25.7. The molecule has 0 spiro atoms. The highest BCUT2D eigenvalue weighted by Crippen LogP contribution is 2.36. The maximum absolute atomic E-state index is 12.8. The van der Waals surface area contributed by atoms with E-state index in [-0.39, 0.29) is 11.6 Å². The van der Waals surface area contributed by atoms with E-state index < -0.39 is 0 Å². The number of fused-ring (bicyclic) bond motifs is 3. The van der Waals surface area contributed by atoms with Crippen LogP contribution in [0.2, 0.25) is 0 Å². The fraction of sp³-hybridized carbons (Fsp3) is 0.700. The summed E-state index contributed by atoms with van der Waals surface area (Å²) in [6.45, 7) is 6.73. The molecule has 5 heteroatoms. The minimum atomic E-state index is 0.0750. The summed E-state index contributed by atoms with van der Waals surface area (Å²) in [5.74, 6) is 1.57. The predicted octanol–water partition coefficient (Wildman–Crippen LogP) is 4.44. The largest absolute Gasteiger partial charge is 0.309 e. The van der Waals surface area contributed by atoms with E-state index in [1.165, 1.54) is 49.0 Å². The monoisotopic (exact) mass is 359 g/mol. The Hall–Kier alpha value is -1.20. The molecule has 0 radical (unpaired) electrons. The SMILES string of the molecule is C[C@@H]1CCc2c(sc3nc([C@@H](C)N4CCCCCCC4)[nH]c(=O)c23)C1. The van der Waals surface area contributed by atoms with E-state index in [0.29, 0.717) is 0 Å². The van der Waals surface area contributed by atoms with Crippen molar-refractivity contribution in [1.82, 2.24) is 14.9 Å². The second-order valence-corrected chi connectivity index (χ2v) is 9.05. The van der Waals surface area contributed by atoms with Crippen LogP contribution in [0.1, 0.15) is 74.7 Å². The molecule has 1 aliphatic carbocycles. The van der Waals surface area contributed by atoms with Crippen LogP contribution in [0.25, 0.3) is 10.2 Å². The number of thiophene rings is 1. The van der Waals surface area contributed by atoms with E-state index in [1.54, 1.807) is 11.3 Å². The standard InChI is InChI=1S/C20H29N3OS/c1-13-8-9-15-16(12-13)25-20-17(15)19(24)21-18(22-20)14(2)23-10-6-4-3-5-7-11-23/h13-14H,3-12H2,1-2H3,(H,21,22,24)/t13-,14-/m1/s1. The first kappa shape index (κ1) is 17.2. The number of rotatable bonds is 2. The zero-order chi connectivity index (χ0) is 17.4.